The molecule has 0 aromatic heterocycles. The van der Waals surface area contributed by atoms with Crippen molar-refractivity contribution >= 4 is 9.84 Å². The first-order valence-electron chi connectivity index (χ1n) is 18.0. The van der Waals surface area contributed by atoms with Crippen molar-refractivity contribution in [3.63, 3.8) is 0 Å². The van der Waals surface area contributed by atoms with E-state index in [-0.39, 0.29) is 29.1 Å². The lowest BCUT2D eigenvalue weighted by molar-refractivity contribution is -0.396. The van der Waals surface area contributed by atoms with Gasteiger partial charge in [0, 0.05) is 11.8 Å². The molecule has 286 valence electrons. The second kappa shape index (κ2) is 13.9. The first kappa shape index (κ1) is 39.5. The van der Waals surface area contributed by atoms with E-state index in [1.54, 1.807) is 6.07 Å². The number of aliphatic hydroxyl groups excluding tert-OH is 1. The summed E-state index contributed by atoms with van der Waals surface area (Å²) in [7, 11) is -4.00. The van der Waals surface area contributed by atoms with E-state index in [0.717, 1.165) is 70.6 Å². The Morgan fingerprint density at radius 1 is 0.820 bits per heavy atom. The standard InChI is InChI=1S/C36H49F9O4S/c1-31-15-13-27-26-12-11-25(46)21-24(26)20-23(30(27)28(31)22-29(47)32(31)16-17-32)10-7-5-3-2-4-6-8-18-50(48,49)19-9-14-33(37,38)34(39,40)35(41,42)36(43,44)45/h11-12,21,23,27-30,46-47H,2-10,13-20,22H2,1H3/t23-,27?,28?,29-,30?,31+/m1/s1. The number of unbranched alkanes of at least 4 members (excludes halogenated alkanes) is 6. The highest BCUT2D eigenvalue weighted by atomic mass is 32.2. The van der Waals surface area contributed by atoms with Crippen LogP contribution in [0.3, 0.4) is 0 Å². The fraction of sp³-hybridized carbons (Fsp3) is 0.833. The van der Waals surface area contributed by atoms with Crippen LogP contribution >= 0.6 is 0 Å². The lowest BCUT2D eigenvalue weighted by atomic mass is 9.50. The minimum atomic E-state index is -6.98. The van der Waals surface area contributed by atoms with Gasteiger partial charge in [-0.25, -0.2) is 8.42 Å². The van der Waals surface area contributed by atoms with Crippen LogP contribution in [0.2, 0.25) is 0 Å². The predicted molar refractivity (Wildman–Crippen MR) is 170 cm³/mol. The molecule has 4 aliphatic rings. The van der Waals surface area contributed by atoms with Gasteiger partial charge in [0.05, 0.1) is 17.6 Å². The summed E-state index contributed by atoms with van der Waals surface area (Å²) in [6.07, 6.45) is 1.99. The van der Waals surface area contributed by atoms with Crippen LogP contribution in [0.15, 0.2) is 18.2 Å². The normalized spacial score (nSPS) is 29.5. The molecule has 4 aliphatic carbocycles. The van der Waals surface area contributed by atoms with Crippen LogP contribution in [0, 0.1) is 28.6 Å². The number of aliphatic hydroxyl groups is 1. The molecule has 6 atom stereocenters. The van der Waals surface area contributed by atoms with Gasteiger partial charge < -0.3 is 10.2 Å². The van der Waals surface area contributed by atoms with E-state index >= 15 is 0 Å². The van der Waals surface area contributed by atoms with Gasteiger partial charge >= 0.3 is 23.9 Å². The maximum atomic E-state index is 13.7. The van der Waals surface area contributed by atoms with Crippen molar-refractivity contribution in [3.05, 3.63) is 29.3 Å². The number of alkyl halides is 9. The van der Waals surface area contributed by atoms with E-state index in [1.807, 2.05) is 6.07 Å². The molecule has 0 aliphatic heterocycles. The summed E-state index contributed by atoms with van der Waals surface area (Å²) in [6.45, 7) is 2.41. The first-order valence-corrected chi connectivity index (χ1v) is 19.8. The lowest BCUT2D eigenvalue weighted by Crippen LogP contribution is -2.60. The number of hydrogen-bond acceptors (Lipinski definition) is 4. The zero-order valence-corrected chi connectivity index (χ0v) is 29.2. The number of aromatic hydroxyl groups is 1. The van der Waals surface area contributed by atoms with Crippen molar-refractivity contribution in [1.82, 2.24) is 0 Å². The van der Waals surface area contributed by atoms with Gasteiger partial charge in [-0.15, -0.1) is 0 Å². The monoisotopic (exact) mass is 748 g/mol. The third kappa shape index (κ3) is 7.15. The number of rotatable bonds is 16. The molecule has 3 fully saturated rings. The number of phenolic OH excluding ortho intramolecular Hbond substituents is 1. The molecular formula is C36H49F9O4S. The molecule has 2 N–H and O–H groups in total. The molecule has 5 rings (SSSR count). The van der Waals surface area contributed by atoms with Crippen LogP contribution in [0.25, 0.3) is 0 Å². The maximum absolute atomic E-state index is 13.7. The molecule has 0 saturated heterocycles. The van der Waals surface area contributed by atoms with E-state index < -0.39 is 58.1 Å². The summed E-state index contributed by atoms with van der Waals surface area (Å²) in [5.74, 6) is -18.8. The van der Waals surface area contributed by atoms with Gasteiger partial charge in [0.25, 0.3) is 0 Å². The Morgan fingerprint density at radius 3 is 2.04 bits per heavy atom. The zero-order valence-electron chi connectivity index (χ0n) is 28.4. The van der Waals surface area contributed by atoms with Gasteiger partial charge in [0.15, 0.2) is 0 Å². The second-order valence-electron chi connectivity index (χ2n) is 15.9. The summed E-state index contributed by atoms with van der Waals surface area (Å²) in [5, 5.41) is 21.4. The van der Waals surface area contributed by atoms with Gasteiger partial charge in [-0.05, 0) is 110 Å². The summed E-state index contributed by atoms with van der Waals surface area (Å²) in [5.41, 5.74) is 2.81. The molecule has 1 spiro atoms. The SMILES string of the molecule is C[C@]12CCC3c4ccc(O)cc4C[C@@H](CCCCCCCCCS(=O)(=O)CCCC(F)(F)C(F)(F)C(F)(F)C(F)(F)F)C3C1C[C@@H](O)C21CC1. The van der Waals surface area contributed by atoms with E-state index in [2.05, 4.69) is 13.0 Å². The molecule has 3 unspecified atom stereocenters. The van der Waals surface area contributed by atoms with Crippen molar-refractivity contribution in [3.8, 4) is 5.75 Å². The van der Waals surface area contributed by atoms with Crippen LogP contribution in [-0.4, -0.2) is 60.2 Å². The average Bonchev–Trinajstić information content (AvgIpc) is 3.79. The predicted octanol–water partition coefficient (Wildman–Crippen LogP) is 10.0. The third-order valence-electron chi connectivity index (χ3n) is 13.0. The Kier molecular flexibility index (Phi) is 11.0. The highest BCUT2D eigenvalue weighted by molar-refractivity contribution is 7.91. The van der Waals surface area contributed by atoms with Gasteiger partial charge in [-0.2, -0.15) is 39.5 Å². The number of hydrogen-bond donors (Lipinski definition) is 2. The Hall–Kier alpha value is -1.70. The molecule has 0 radical (unpaired) electrons. The van der Waals surface area contributed by atoms with Crippen molar-refractivity contribution in [1.29, 1.82) is 0 Å². The Labute approximate surface area is 288 Å². The molecule has 0 amide bonds. The van der Waals surface area contributed by atoms with Gasteiger partial charge in [-0.3, -0.25) is 0 Å². The second-order valence-corrected chi connectivity index (χ2v) is 18.2. The van der Waals surface area contributed by atoms with Crippen LogP contribution in [0.5, 0.6) is 5.75 Å². The molecule has 14 heteroatoms. The number of benzene rings is 1. The summed E-state index contributed by atoms with van der Waals surface area (Å²) in [4.78, 5) is 0. The highest BCUT2D eigenvalue weighted by Gasteiger charge is 2.81. The van der Waals surface area contributed by atoms with Crippen LogP contribution in [-0.2, 0) is 16.3 Å². The highest BCUT2D eigenvalue weighted by Crippen LogP contribution is 2.76. The zero-order chi connectivity index (χ0) is 37.0. The maximum Gasteiger partial charge on any atom is 0.460 e. The van der Waals surface area contributed by atoms with Crippen molar-refractivity contribution in [2.24, 2.45) is 28.6 Å². The molecule has 3 saturated carbocycles. The molecule has 0 heterocycles. The average molecular weight is 749 g/mol. The van der Waals surface area contributed by atoms with Gasteiger partial charge in [0.2, 0.25) is 0 Å². The molecular weight excluding hydrogens is 699 g/mol. The number of phenols is 1. The Balaban J connectivity index is 1.03. The molecule has 4 nitrogen and oxygen atoms in total. The number of halogens is 9. The third-order valence-corrected chi connectivity index (χ3v) is 14.8. The largest absolute Gasteiger partial charge is 0.508 e. The van der Waals surface area contributed by atoms with Gasteiger partial charge in [0.1, 0.15) is 15.6 Å². The van der Waals surface area contributed by atoms with Crippen molar-refractivity contribution in [2.45, 2.75) is 146 Å². The molecule has 1 aromatic carbocycles. The van der Waals surface area contributed by atoms with Crippen LogP contribution in [0.1, 0.15) is 120 Å². The molecule has 0 bridgehead atoms. The quantitative estimate of drug-likeness (QED) is 0.130. The summed E-state index contributed by atoms with van der Waals surface area (Å²) >= 11 is 0. The lowest BCUT2D eigenvalue weighted by Gasteiger charge is -2.54. The van der Waals surface area contributed by atoms with Gasteiger partial charge in [-0.1, -0.05) is 51.5 Å². The van der Waals surface area contributed by atoms with Crippen LogP contribution < -0.4 is 0 Å². The van der Waals surface area contributed by atoms with E-state index in [9.17, 15) is 58.1 Å². The van der Waals surface area contributed by atoms with E-state index in [4.69, 9.17) is 0 Å². The minimum Gasteiger partial charge on any atom is -0.508 e. The number of sulfone groups is 1. The topological polar surface area (TPSA) is 74.6 Å². The first-order chi connectivity index (χ1) is 23.1. The fourth-order valence-corrected chi connectivity index (χ4v) is 11.5. The fourth-order valence-electron chi connectivity index (χ4n) is 10.1. The van der Waals surface area contributed by atoms with Crippen molar-refractivity contribution < 1.29 is 58.1 Å². The van der Waals surface area contributed by atoms with E-state index in [1.165, 1.54) is 11.1 Å². The van der Waals surface area contributed by atoms with Crippen molar-refractivity contribution in [2.75, 3.05) is 11.5 Å². The summed E-state index contributed by atoms with van der Waals surface area (Å²) < 4.78 is 141. The number of fused-ring (bicyclic) bond motifs is 6. The minimum absolute atomic E-state index is 0.0776. The Bertz CT molecular complexity index is 1460. The van der Waals surface area contributed by atoms with E-state index in [0.29, 0.717) is 36.5 Å². The van der Waals surface area contributed by atoms with Crippen LogP contribution in [0.4, 0.5) is 39.5 Å². The molecule has 50 heavy (non-hydrogen) atoms. The summed E-state index contributed by atoms with van der Waals surface area (Å²) in [6, 6.07) is 5.79. The molecule has 1 aromatic rings. The Morgan fingerprint density at radius 2 is 1.42 bits per heavy atom. The smallest absolute Gasteiger partial charge is 0.460 e.